The maximum atomic E-state index is 13.7. The molecule has 0 bridgehead atoms. The SMILES string of the molecule is COc1ccc(C(C)NCc2c(Cl)cccc2Cl)cc1F. The molecule has 0 aliphatic carbocycles. The summed E-state index contributed by atoms with van der Waals surface area (Å²) < 4.78 is 18.6. The van der Waals surface area contributed by atoms with Gasteiger partial charge in [-0.3, -0.25) is 0 Å². The van der Waals surface area contributed by atoms with Crippen LogP contribution in [0.5, 0.6) is 5.75 Å². The van der Waals surface area contributed by atoms with Crippen LogP contribution in [-0.2, 0) is 6.54 Å². The Bertz CT molecular complexity index is 613. The number of benzene rings is 2. The van der Waals surface area contributed by atoms with E-state index in [2.05, 4.69) is 5.32 Å². The highest BCUT2D eigenvalue weighted by Gasteiger charge is 2.11. The summed E-state index contributed by atoms with van der Waals surface area (Å²) in [5.41, 5.74) is 1.66. The zero-order chi connectivity index (χ0) is 15.4. The molecule has 0 fully saturated rings. The molecule has 0 saturated carbocycles. The zero-order valence-electron chi connectivity index (χ0n) is 11.8. The number of ether oxygens (including phenoxy) is 1. The third kappa shape index (κ3) is 3.88. The Kier molecular flexibility index (Phi) is 5.45. The second kappa shape index (κ2) is 7.12. The van der Waals surface area contributed by atoms with Crippen LogP contribution in [-0.4, -0.2) is 7.11 Å². The van der Waals surface area contributed by atoms with E-state index < -0.39 is 0 Å². The van der Waals surface area contributed by atoms with Crippen molar-refractivity contribution in [1.82, 2.24) is 5.32 Å². The largest absolute Gasteiger partial charge is 0.494 e. The van der Waals surface area contributed by atoms with Gasteiger partial charge < -0.3 is 10.1 Å². The van der Waals surface area contributed by atoms with Crippen molar-refractivity contribution in [1.29, 1.82) is 0 Å². The Balaban J connectivity index is 2.08. The van der Waals surface area contributed by atoms with E-state index in [1.807, 2.05) is 13.0 Å². The van der Waals surface area contributed by atoms with Gasteiger partial charge in [0.05, 0.1) is 7.11 Å². The van der Waals surface area contributed by atoms with Crippen molar-refractivity contribution in [2.24, 2.45) is 0 Å². The molecule has 0 spiro atoms. The standard InChI is InChI=1S/C16H16Cl2FNO/c1-10(11-6-7-16(21-2)15(19)8-11)20-9-12-13(17)4-3-5-14(12)18/h3-8,10,20H,9H2,1-2H3. The smallest absolute Gasteiger partial charge is 0.165 e. The lowest BCUT2D eigenvalue weighted by Crippen LogP contribution is -2.18. The van der Waals surface area contributed by atoms with E-state index in [1.165, 1.54) is 13.2 Å². The molecule has 2 rings (SSSR count). The normalized spacial score (nSPS) is 12.2. The van der Waals surface area contributed by atoms with Gasteiger partial charge in [-0.2, -0.15) is 0 Å². The van der Waals surface area contributed by atoms with E-state index in [1.54, 1.807) is 24.3 Å². The van der Waals surface area contributed by atoms with Crippen LogP contribution < -0.4 is 10.1 Å². The second-order valence-electron chi connectivity index (χ2n) is 4.70. The lowest BCUT2D eigenvalue weighted by Gasteiger charge is -2.16. The molecule has 2 nitrogen and oxygen atoms in total. The number of hydrogen-bond donors (Lipinski definition) is 1. The fourth-order valence-electron chi connectivity index (χ4n) is 2.03. The van der Waals surface area contributed by atoms with Crippen LogP contribution in [0.4, 0.5) is 4.39 Å². The first-order valence-corrected chi connectivity index (χ1v) is 7.28. The van der Waals surface area contributed by atoms with Crippen LogP contribution in [0.3, 0.4) is 0 Å². The van der Waals surface area contributed by atoms with Crippen LogP contribution in [0.25, 0.3) is 0 Å². The molecule has 0 aromatic heterocycles. The van der Waals surface area contributed by atoms with E-state index in [4.69, 9.17) is 27.9 Å². The summed E-state index contributed by atoms with van der Waals surface area (Å²) in [5.74, 6) is -0.139. The average molecular weight is 328 g/mol. The summed E-state index contributed by atoms with van der Waals surface area (Å²) in [6, 6.07) is 10.3. The van der Waals surface area contributed by atoms with E-state index >= 15 is 0 Å². The number of methoxy groups -OCH3 is 1. The molecule has 0 radical (unpaired) electrons. The van der Waals surface area contributed by atoms with Crippen molar-refractivity contribution >= 4 is 23.2 Å². The summed E-state index contributed by atoms with van der Waals surface area (Å²) in [6.07, 6.45) is 0. The van der Waals surface area contributed by atoms with Crippen LogP contribution >= 0.6 is 23.2 Å². The Morgan fingerprint density at radius 3 is 2.43 bits per heavy atom. The number of hydrogen-bond acceptors (Lipinski definition) is 2. The van der Waals surface area contributed by atoms with Crippen molar-refractivity contribution in [2.75, 3.05) is 7.11 Å². The predicted molar refractivity (Wildman–Crippen MR) is 84.7 cm³/mol. The minimum atomic E-state index is -0.376. The van der Waals surface area contributed by atoms with Gasteiger partial charge in [-0.15, -0.1) is 0 Å². The summed E-state index contributed by atoms with van der Waals surface area (Å²) in [6.45, 7) is 2.46. The zero-order valence-corrected chi connectivity index (χ0v) is 13.3. The molecule has 1 atom stereocenters. The lowest BCUT2D eigenvalue weighted by molar-refractivity contribution is 0.385. The van der Waals surface area contributed by atoms with Gasteiger partial charge >= 0.3 is 0 Å². The Hall–Kier alpha value is -1.29. The quantitative estimate of drug-likeness (QED) is 0.835. The molecule has 0 amide bonds. The molecule has 1 N–H and O–H groups in total. The minimum absolute atomic E-state index is 0.0438. The topological polar surface area (TPSA) is 21.3 Å². The molecular formula is C16H16Cl2FNO. The Morgan fingerprint density at radius 2 is 1.86 bits per heavy atom. The molecule has 5 heteroatoms. The van der Waals surface area contributed by atoms with Crippen molar-refractivity contribution in [3.8, 4) is 5.75 Å². The first-order chi connectivity index (χ1) is 10.0. The molecule has 0 aliphatic heterocycles. The number of halogens is 3. The highest BCUT2D eigenvalue weighted by molar-refractivity contribution is 6.35. The first-order valence-electron chi connectivity index (χ1n) is 6.52. The van der Waals surface area contributed by atoms with Crippen LogP contribution in [0.15, 0.2) is 36.4 Å². The van der Waals surface area contributed by atoms with Crippen LogP contribution in [0, 0.1) is 5.82 Å². The summed E-state index contributed by atoms with van der Waals surface area (Å²) >= 11 is 12.2. The average Bonchev–Trinajstić information content (AvgIpc) is 2.46. The molecular weight excluding hydrogens is 312 g/mol. The van der Waals surface area contributed by atoms with E-state index in [0.29, 0.717) is 16.6 Å². The summed E-state index contributed by atoms with van der Waals surface area (Å²) in [5, 5.41) is 4.51. The fraction of sp³-hybridized carbons (Fsp3) is 0.250. The molecule has 2 aromatic carbocycles. The lowest BCUT2D eigenvalue weighted by atomic mass is 10.1. The maximum Gasteiger partial charge on any atom is 0.165 e. The summed E-state index contributed by atoms with van der Waals surface area (Å²) in [7, 11) is 1.44. The molecule has 112 valence electrons. The summed E-state index contributed by atoms with van der Waals surface area (Å²) in [4.78, 5) is 0. The van der Waals surface area contributed by atoms with Gasteiger partial charge in [0.15, 0.2) is 11.6 Å². The van der Waals surface area contributed by atoms with Gasteiger partial charge in [0, 0.05) is 28.2 Å². The Morgan fingerprint density at radius 1 is 1.19 bits per heavy atom. The van der Waals surface area contributed by atoms with Crippen molar-refractivity contribution < 1.29 is 9.13 Å². The molecule has 0 heterocycles. The van der Waals surface area contributed by atoms with Gasteiger partial charge in [0.25, 0.3) is 0 Å². The van der Waals surface area contributed by atoms with Crippen LogP contribution in [0.1, 0.15) is 24.1 Å². The van der Waals surface area contributed by atoms with Gasteiger partial charge in [-0.25, -0.2) is 4.39 Å². The minimum Gasteiger partial charge on any atom is -0.494 e. The van der Waals surface area contributed by atoms with Gasteiger partial charge in [-0.05, 0) is 36.8 Å². The van der Waals surface area contributed by atoms with Gasteiger partial charge in [0.2, 0.25) is 0 Å². The molecule has 21 heavy (non-hydrogen) atoms. The molecule has 0 saturated heterocycles. The second-order valence-corrected chi connectivity index (χ2v) is 5.51. The van der Waals surface area contributed by atoms with Gasteiger partial charge in [-0.1, -0.05) is 35.3 Å². The maximum absolute atomic E-state index is 13.7. The van der Waals surface area contributed by atoms with E-state index in [9.17, 15) is 4.39 Å². The molecule has 2 aromatic rings. The van der Waals surface area contributed by atoms with Crippen LogP contribution in [0.2, 0.25) is 10.0 Å². The fourth-order valence-corrected chi connectivity index (χ4v) is 2.56. The molecule has 0 aliphatic rings. The number of nitrogens with one attached hydrogen (secondary N) is 1. The van der Waals surface area contributed by atoms with Gasteiger partial charge in [0.1, 0.15) is 0 Å². The van der Waals surface area contributed by atoms with Crippen molar-refractivity contribution in [2.45, 2.75) is 19.5 Å². The first kappa shape index (κ1) is 16.1. The monoisotopic (exact) mass is 327 g/mol. The van der Waals surface area contributed by atoms with E-state index in [-0.39, 0.29) is 17.6 Å². The predicted octanol–water partition coefficient (Wildman–Crippen LogP) is 4.99. The van der Waals surface area contributed by atoms with Crippen molar-refractivity contribution in [3.63, 3.8) is 0 Å². The third-order valence-electron chi connectivity index (χ3n) is 3.32. The Labute approximate surface area is 133 Å². The number of rotatable bonds is 5. The highest BCUT2D eigenvalue weighted by Crippen LogP contribution is 2.26. The highest BCUT2D eigenvalue weighted by atomic mass is 35.5. The third-order valence-corrected chi connectivity index (χ3v) is 4.03. The van der Waals surface area contributed by atoms with Crippen molar-refractivity contribution in [3.05, 3.63) is 63.4 Å². The molecule has 1 unspecified atom stereocenters. The van der Waals surface area contributed by atoms with E-state index in [0.717, 1.165) is 11.1 Å².